The van der Waals surface area contributed by atoms with E-state index in [1.165, 1.54) is 16.2 Å². The zero-order valence-corrected chi connectivity index (χ0v) is 10.9. The number of nitrogens with one attached hydrogen (secondary N) is 1. The van der Waals surface area contributed by atoms with E-state index in [-0.39, 0.29) is 0 Å². The summed E-state index contributed by atoms with van der Waals surface area (Å²) in [6.07, 6.45) is 0. The second kappa shape index (κ2) is 3.94. The van der Waals surface area contributed by atoms with Crippen molar-refractivity contribution in [2.45, 2.75) is 6.92 Å². The third kappa shape index (κ3) is 1.92. The van der Waals surface area contributed by atoms with Gasteiger partial charge in [-0.05, 0) is 24.6 Å². The van der Waals surface area contributed by atoms with Gasteiger partial charge in [0, 0.05) is 16.4 Å². The van der Waals surface area contributed by atoms with Crippen LogP contribution in [0.1, 0.15) is 4.88 Å². The van der Waals surface area contributed by atoms with E-state index in [1.807, 2.05) is 23.7 Å². The quantitative estimate of drug-likeness (QED) is 0.832. The molecule has 0 aliphatic rings. The predicted octanol–water partition coefficient (Wildman–Crippen LogP) is 3.30. The largest absolute Gasteiger partial charge is 0.320 e. The van der Waals surface area contributed by atoms with Gasteiger partial charge in [-0.3, -0.25) is 5.41 Å². The predicted molar refractivity (Wildman–Crippen MR) is 67.0 cm³/mol. The molecule has 1 N–H and O–H groups in total. The van der Waals surface area contributed by atoms with Gasteiger partial charge in [0.05, 0.1) is 5.69 Å². The van der Waals surface area contributed by atoms with Gasteiger partial charge >= 0.3 is 0 Å². The molecule has 1 aromatic carbocycles. The lowest BCUT2D eigenvalue weighted by molar-refractivity contribution is 0.864. The SMILES string of the molecule is Cc1sc(=N)n(C)c1-c1ccc(Br)cc1. The first-order valence-electron chi connectivity index (χ1n) is 4.56. The van der Waals surface area contributed by atoms with E-state index in [0.29, 0.717) is 4.80 Å². The number of rotatable bonds is 1. The first-order valence-corrected chi connectivity index (χ1v) is 6.17. The second-order valence-corrected chi connectivity index (χ2v) is 5.50. The molecule has 0 aliphatic carbocycles. The van der Waals surface area contributed by atoms with Crippen molar-refractivity contribution in [3.63, 3.8) is 0 Å². The van der Waals surface area contributed by atoms with E-state index in [0.717, 1.165) is 15.7 Å². The molecule has 2 nitrogen and oxygen atoms in total. The van der Waals surface area contributed by atoms with Crippen molar-refractivity contribution in [3.05, 3.63) is 38.4 Å². The van der Waals surface area contributed by atoms with Gasteiger partial charge < -0.3 is 4.57 Å². The van der Waals surface area contributed by atoms with Crippen LogP contribution >= 0.6 is 27.3 Å². The molecule has 4 heteroatoms. The molecule has 0 radical (unpaired) electrons. The third-order valence-corrected chi connectivity index (χ3v) is 3.84. The van der Waals surface area contributed by atoms with E-state index in [1.54, 1.807) is 0 Å². The zero-order valence-electron chi connectivity index (χ0n) is 8.54. The number of nitrogens with zero attached hydrogens (tertiary/aromatic N) is 1. The molecular weight excluding hydrogens is 272 g/mol. The van der Waals surface area contributed by atoms with Gasteiger partial charge in [-0.2, -0.15) is 0 Å². The fraction of sp³-hybridized carbons (Fsp3) is 0.182. The molecule has 2 rings (SSSR count). The summed E-state index contributed by atoms with van der Waals surface area (Å²) in [6, 6.07) is 8.18. The van der Waals surface area contributed by atoms with Crippen molar-refractivity contribution in [1.29, 1.82) is 5.41 Å². The Bertz CT molecular complexity index is 537. The van der Waals surface area contributed by atoms with Gasteiger partial charge in [0.1, 0.15) is 0 Å². The van der Waals surface area contributed by atoms with Crippen LogP contribution in [0.4, 0.5) is 0 Å². The summed E-state index contributed by atoms with van der Waals surface area (Å²) in [7, 11) is 1.93. The van der Waals surface area contributed by atoms with Crippen LogP contribution < -0.4 is 4.80 Å². The molecule has 0 saturated carbocycles. The fourth-order valence-electron chi connectivity index (χ4n) is 1.60. The number of hydrogen-bond donors (Lipinski definition) is 1. The Balaban J connectivity index is 2.63. The smallest absolute Gasteiger partial charge is 0.182 e. The topological polar surface area (TPSA) is 28.8 Å². The van der Waals surface area contributed by atoms with Crippen LogP contribution in [0.25, 0.3) is 11.3 Å². The van der Waals surface area contributed by atoms with E-state index < -0.39 is 0 Å². The first-order chi connectivity index (χ1) is 7.09. The molecule has 1 heterocycles. The van der Waals surface area contributed by atoms with Crippen molar-refractivity contribution < 1.29 is 0 Å². The molecule has 0 bridgehead atoms. The van der Waals surface area contributed by atoms with Crippen LogP contribution in [-0.2, 0) is 7.05 Å². The van der Waals surface area contributed by atoms with Crippen LogP contribution in [0.15, 0.2) is 28.7 Å². The molecule has 78 valence electrons. The molecule has 15 heavy (non-hydrogen) atoms. The minimum Gasteiger partial charge on any atom is -0.320 e. The van der Waals surface area contributed by atoms with Crippen LogP contribution in [-0.4, -0.2) is 4.57 Å². The van der Waals surface area contributed by atoms with Crippen LogP contribution in [0.3, 0.4) is 0 Å². The summed E-state index contributed by atoms with van der Waals surface area (Å²) in [5.41, 5.74) is 2.30. The number of thiazole rings is 1. The molecule has 2 aromatic rings. The van der Waals surface area contributed by atoms with Crippen molar-refractivity contribution >= 4 is 27.3 Å². The maximum absolute atomic E-state index is 7.74. The Labute approximate surface area is 101 Å². The minimum atomic E-state index is 0.588. The van der Waals surface area contributed by atoms with Crippen LogP contribution in [0, 0.1) is 12.3 Å². The maximum atomic E-state index is 7.74. The lowest BCUT2D eigenvalue weighted by Crippen LogP contribution is -2.08. The second-order valence-electron chi connectivity index (χ2n) is 3.38. The lowest BCUT2D eigenvalue weighted by Gasteiger charge is -2.04. The average Bonchev–Trinajstić information content (AvgIpc) is 2.44. The highest BCUT2D eigenvalue weighted by atomic mass is 79.9. The Hall–Kier alpha value is -0.870. The molecule has 0 amide bonds. The van der Waals surface area contributed by atoms with Gasteiger partial charge in [0.25, 0.3) is 0 Å². The summed E-state index contributed by atoms with van der Waals surface area (Å²) >= 11 is 4.93. The molecular formula is C11H11BrN2S. The number of benzene rings is 1. The Kier molecular flexibility index (Phi) is 2.80. The fourth-order valence-corrected chi connectivity index (χ4v) is 2.74. The van der Waals surface area contributed by atoms with E-state index in [2.05, 4.69) is 35.0 Å². The normalized spacial score (nSPS) is 10.6. The molecule has 0 aliphatic heterocycles. The highest BCUT2D eigenvalue weighted by Gasteiger charge is 2.08. The van der Waals surface area contributed by atoms with Crippen molar-refractivity contribution in [2.24, 2.45) is 7.05 Å². The number of aryl methyl sites for hydroxylation is 1. The monoisotopic (exact) mass is 282 g/mol. The van der Waals surface area contributed by atoms with Gasteiger partial charge in [-0.15, -0.1) is 11.3 Å². The molecule has 0 unspecified atom stereocenters. The zero-order chi connectivity index (χ0) is 11.0. The number of aromatic nitrogens is 1. The van der Waals surface area contributed by atoms with E-state index in [4.69, 9.17) is 5.41 Å². The Morgan fingerprint density at radius 3 is 2.33 bits per heavy atom. The van der Waals surface area contributed by atoms with Crippen LogP contribution in [0.2, 0.25) is 0 Å². The van der Waals surface area contributed by atoms with Gasteiger partial charge in [-0.1, -0.05) is 28.1 Å². The molecule has 0 atom stereocenters. The Morgan fingerprint density at radius 1 is 1.27 bits per heavy atom. The van der Waals surface area contributed by atoms with Crippen molar-refractivity contribution in [1.82, 2.24) is 4.57 Å². The third-order valence-electron chi connectivity index (χ3n) is 2.34. The molecule has 0 spiro atoms. The lowest BCUT2D eigenvalue weighted by atomic mass is 10.1. The molecule has 0 saturated heterocycles. The van der Waals surface area contributed by atoms with Crippen LogP contribution in [0.5, 0.6) is 0 Å². The standard InChI is InChI=1S/C11H11BrN2S/c1-7-10(14(2)11(13)15-7)8-3-5-9(12)6-4-8/h3-6,13H,1-2H3. The van der Waals surface area contributed by atoms with Crippen molar-refractivity contribution in [2.75, 3.05) is 0 Å². The number of halogens is 1. The Morgan fingerprint density at radius 2 is 1.87 bits per heavy atom. The van der Waals surface area contributed by atoms with Gasteiger partial charge in [-0.25, -0.2) is 0 Å². The first kappa shape index (κ1) is 10.6. The van der Waals surface area contributed by atoms with E-state index >= 15 is 0 Å². The average molecular weight is 283 g/mol. The van der Waals surface area contributed by atoms with Crippen molar-refractivity contribution in [3.8, 4) is 11.3 Å². The maximum Gasteiger partial charge on any atom is 0.182 e. The summed E-state index contributed by atoms with van der Waals surface area (Å²) in [5, 5.41) is 7.74. The number of hydrogen-bond acceptors (Lipinski definition) is 2. The summed E-state index contributed by atoms with van der Waals surface area (Å²) < 4.78 is 3.00. The summed E-state index contributed by atoms with van der Waals surface area (Å²) in [6.45, 7) is 2.06. The van der Waals surface area contributed by atoms with Gasteiger partial charge in [0.2, 0.25) is 0 Å². The molecule has 0 fully saturated rings. The minimum absolute atomic E-state index is 0.588. The molecule has 1 aromatic heterocycles. The van der Waals surface area contributed by atoms with Gasteiger partial charge in [0.15, 0.2) is 4.80 Å². The summed E-state index contributed by atoms with van der Waals surface area (Å²) in [4.78, 5) is 1.77. The highest BCUT2D eigenvalue weighted by molar-refractivity contribution is 9.10. The van der Waals surface area contributed by atoms with E-state index in [9.17, 15) is 0 Å². The highest BCUT2D eigenvalue weighted by Crippen LogP contribution is 2.25. The summed E-state index contributed by atoms with van der Waals surface area (Å²) in [5.74, 6) is 0.